The molecular formula is C25H30BrNO7. The second kappa shape index (κ2) is 10.6. The Morgan fingerprint density at radius 2 is 1.88 bits per heavy atom. The van der Waals surface area contributed by atoms with Crippen LogP contribution in [0.15, 0.2) is 39.1 Å². The van der Waals surface area contributed by atoms with Crippen molar-refractivity contribution in [3.05, 3.63) is 44.7 Å². The van der Waals surface area contributed by atoms with Crippen LogP contribution >= 0.6 is 15.9 Å². The minimum Gasteiger partial charge on any atom is -0.492 e. The van der Waals surface area contributed by atoms with Gasteiger partial charge in [0.05, 0.1) is 37.5 Å². The average molecular weight is 536 g/mol. The highest BCUT2D eigenvalue weighted by molar-refractivity contribution is 9.10. The number of carbonyl (C=O) groups is 3. The number of dihydropyridines is 1. The Morgan fingerprint density at radius 3 is 2.47 bits per heavy atom. The van der Waals surface area contributed by atoms with Gasteiger partial charge in [-0.1, -0.05) is 6.92 Å². The van der Waals surface area contributed by atoms with Gasteiger partial charge >= 0.3 is 11.9 Å². The molecule has 1 aliphatic heterocycles. The number of rotatable bonds is 7. The van der Waals surface area contributed by atoms with Crippen molar-refractivity contribution < 1.29 is 33.3 Å². The maximum Gasteiger partial charge on any atom is 0.336 e. The minimum absolute atomic E-state index is 0.181. The van der Waals surface area contributed by atoms with E-state index in [1.807, 2.05) is 13.8 Å². The highest BCUT2D eigenvalue weighted by atomic mass is 79.9. The number of methoxy groups -OCH3 is 2. The first-order valence-electron chi connectivity index (χ1n) is 11.2. The molecule has 0 bridgehead atoms. The van der Waals surface area contributed by atoms with Gasteiger partial charge in [0, 0.05) is 22.9 Å². The van der Waals surface area contributed by atoms with Gasteiger partial charge in [0.25, 0.3) is 0 Å². The van der Waals surface area contributed by atoms with Gasteiger partial charge in [-0.15, -0.1) is 0 Å². The van der Waals surface area contributed by atoms with Crippen LogP contribution in [-0.2, 0) is 23.9 Å². The Bertz CT molecular complexity index is 1080. The number of hydrogen-bond donors (Lipinski definition) is 1. The number of carbonyl (C=O) groups excluding carboxylic acids is 3. The third kappa shape index (κ3) is 4.58. The molecule has 0 unspecified atom stereocenters. The van der Waals surface area contributed by atoms with E-state index in [0.717, 1.165) is 0 Å². The van der Waals surface area contributed by atoms with Crippen LogP contribution in [0.2, 0.25) is 0 Å². The van der Waals surface area contributed by atoms with Crippen molar-refractivity contribution >= 4 is 33.7 Å². The standard InChI is InChI=1S/C25H30BrNO7/c1-7-33-17-11-14(10-15(26)23(17)31-5)20-19(25(30)34-8-2)13(4)27-16-9-12(3)18(24(29)32-6)22(28)21(16)20/h10-12,18,20,27H,7-9H2,1-6H3/t12-,18-,20+/m1/s1. The third-order valence-electron chi connectivity index (χ3n) is 6.11. The Hall–Kier alpha value is -2.81. The lowest BCUT2D eigenvalue weighted by Gasteiger charge is -2.38. The molecule has 1 aromatic carbocycles. The Labute approximate surface area is 207 Å². The van der Waals surface area contributed by atoms with Crippen LogP contribution in [0.4, 0.5) is 0 Å². The summed E-state index contributed by atoms with van der Waals surface area (Å²) in [5.74, 6) is -2.48. The molecule has 8 nitrogen and oxygen atoms in total. The lowest BCUT2D eigenvalue weighted by Crippen LogP contribution is -2.43. The fraction of sp³-hybridized carbons (Fsp3) is 0.480. The van der Waals surface area contributed by atoms with E-state index < -0.39 is 23.8 Å². The fourth-order valence-electron chi connectivity index (χ4n) is 4.71. The van der Waals surface area contributed by atoms with E-state index in [1.165, 1.54) is 14.2 Å². The first-order chi connectivity index (χ1) is 16.2. The summed E-state index contributed by atoms with van der Waals surface area (Å²) in [5, 5.41) is 3.24. The number of halogens is 1. The Morgan fingerprint density at radius 1 is 1.18 bits per heavy atom. The van der Waals surface area contributed by atoms with Gasteiger partial charge in [0.15, 0.2) is 17.3 Å². The molecule has 1 heterocycles. The minimum atomic E-state index is -0.956. The fourth-order valence-corrected chi connectivity index (χ4v) is 5.33. The zero-order valence-electron chi connectivity index (χ0n) is 20.2. The lowest BCUT2D eigenvalue weighted by molar-refractivity contribution is -0.151. The summed E-state index contributed by atoms with van der Waals surface area (Å²) < 4.78 is 22.2. The highest BCUT2D eigenvalue weighted by Crippen LogP contribution is 2.48. The van der Waals surface area contributed by atoms with E-state index in [9.17, 15) is 14.4 Å². The van der Waals surface area contributed by atoms with Gasteiger partial charge < -0.3 is 24.3 Å². The van der Waals surface area contributed by atoms with Gasteiger partial charge in [-0.05, 0) is 66.7 Å². The summed E-state index contributed by atoms with van der Waals surface area (Å²) in [6.07, 6.45) is 0.459. The van der Waals surface area contributed by atoms with Crippen molar-refractivity contribution in [3.8, 4) is 11.5 Å². The number of ether oxygens (including phenoxy) is 4. The van der Waals surface area contributed by atoms with E-state index in [2.05, 4.69) is 21.2 Å². The molecule has 1 N–H and O–H groups in total. The quantitative estimate of drug-likeness (QED) is 0.412. The highest BCUT2D eigenvalue weighted by Gasteiger charge is 2.47. The predicted molar refractivity (Wildman–Crippen MR) is 128 cm³/mol. The van der Waals surface area contributed by atoms with Gasteiger partial charge in [0.1, 0.15) is 5.92 Å². The molecule has 1 aromatic rings. The van der Waals surface area contributed by atoms with Crippen molar-refractivity contribution in [2.75, 3.05) is 27.4 Å². The van der Waals surface area contributed by atoms with Crippen LogP contribution in [0.25, 0.3) is 0 Å². The smallest absolute Gasteiger partial charge is 0.336 e. The number of allylic oxidation sites excluding steroid dienone is 3. The molecule has 3 atom stereocenters. The van der Waals surface area contributed by atoms with Crippen LogP contribution < -0.4 is 14.8 Å². The molecule has 1 aliphatic carbocycles. The van der Waals surface area contributed by atoms with Crippen molar-refractivity contribution in [2.45, 2.75) is 40.0 Å². The lowest BCUT2D eigenvalue weighted by atomic mass is 9.69. The number of Topliss-reactive ketones (excluding diaryl/α,β-unsaturated/α-hetero) is 1. The third-order valence-corrected chi connectivity index (χ3v) is 6.70. The number of benzene rings is 1. The maximum atomic E-state index is 13.8. The summed E-state index contributed by atoms with van der Waals surface area (Å²) >= 11 is 3.53. The van der Waals surface area contributed by atoms with Crippen molar-refractivity contribution in [3.63, 3.8) is 0 Å². The number of hydrogen-bond acceptors (Lipinski definition) is 8. The van der Waals surface area contributed by atoms with E-state index in [-0.39, 0.29) is 18.3 Å². The van der Waals surface area contributed by atoms with Gasteiger partial charge in [-0.2, -0.15) is 0 Å². The molecule has 0 amide bonds. The summed E-state index contributed by atoms with van der Waals surface area (Å²) in [6, 6.07) is 3.56. The van der Waals surface area contributed by atoms with Crippen LogP contribution in [0.1, 0.15) is 45.6 Å². The van der Waals surface area contributed by atoms with Crippen molar-refractivity contribution in [2.24, 2.45) is 11.8 Å². The summed E-state index contributed by atoms with van der Waals surface area (Å²) in [6.45, 7) is 7.78. The zero-order valence-corrected chi connectivity index (χ0v) is 21.8. The number of nitrogens with one attached hydrogen (secondary N) is 1. The maximum absolute atomic E-state index is 13.8. The topological polar surface area (TPSA) is 100 Å². The molecular weight excluding hydrogens is 506 g/mol. The summed E-state index contributed by atoms with van der Waals surface area (Å²) in [4.78, 5) is 39.4. The van der Waals surface area contributed by atoms with Crippen molar-refractivity contribution in [1.82, 2.24) is 5.32 Å². The molecule has 3 rings (SSSR count). The van der Waals surface area contributed by atoms with E-state index in [1.54, 1.807) is 26.0 Å². The molecule has 34 heavy (non-hydrogen) atoms. The number of ketones is 1. The first-order valence-corrected chi connectivity index (χ1v) is 12.0. The zero-order chi connectivity index (χ0) is 25.2. The van der Waals surface area contributed by atoms with E-state index in [0.29, 0.717) is 57.1 Å². The van der Waals surface area contributed by atoms with Crippen LogP contribution in [-0.4, -0.2) is 45.2 Å². The Kier molecular flexibility index (Phi) is 8.07. The normalized spacial score (nSPS) is 22.1. The molecule has 9 heteroatoms. The predicted octanol–water partition coefficient (Wildman–Crippen LogP) is 4.03. The molecule has 0 saturated carbocycles. The second-order valence-electron chi connectivity index (χ2n) is 8.22. The van der Waals surface area contributed by atoms with E-state index >= 15 is 0 Å². The molecule has 0 aromatic heterocycles. The second-order valence-corrected chi connectivity index (χ2v) is 9.08. The first kappa shape index (κ1) is 25.8. The number of esters is 2. The SMILES string of the molecule is CCOC(=O)C1=C(C)NC2=C(C(=O)[C@H](C(=O)OC)[C@H](C)C2)[C@H]1c1cc(Br)c(OC)c(OCC)c1. The monoisotopic (exact) mass is 535 g/mol. The van der Waals surface area contributed by atoms with Crippen molar-refractivity contribution in [1.29, 1.82) is 0 Å². The van der Waals surface area contributed by atoms with Crippen LogP contribution in [0, 0.1) is 11.8 Å². The molecule has 0 spiro atoms. The van der Waals surface area contributed by atoms with Gasteiger partial charge in [-0.25, -0.2) is 4.79 Å². The van der Waals surface area contributed by atoms with Crippen LogP contribution in [0.5, 0.6) is 11.5 Å². The molecule has 184 valence electrons. The molecule has 0 radical (unpaired) electrons. The average Bonchev–Trinajstić information content (AvgIpc) is 2.78. The largest absolute Gasteiger partial charge is 0.492 e. The van der Waals surface area contributed by atoms with E-state index in [4.69, 9.17) is 18.9 Å². The van der Waals surface area contributed by atoms with Gasteiger partial charge in [0.2, 0.25) is 0 Å². The van der Waals surface area contributed by atoms with Crippen LogP contribution in [0.3, 0.4) is 0 Å². The Balaban J connectivity index is 2.27. The van der Waals surface area contributed by atoms with Gasteiger partial charge in [-0.3, -0.25) is 9.59 Å². The molecule has 0 saturated heterocycles. The summed E-state index contributed by atoms with van der Waals surface area (Å²) in [7, 11) is 2.81. The molecule has 2 aliphatic rings. The molecule has 0 fully saturated rings. The summed E-state index contributed by atoms with van der Waals surface area (Å²) in [5.41, 5.74) is 2.61.